The molecule has 6 nitrogen and oxygen atoms in total. The van der Waals surface area contributed by atoms with Gasteiger partial charge in [0.05, 0.1) is 19.8 Å². The van der Waals surface area contributed by atoms with Gasteiger partial charge >= 0.3 is 0 Å². The molecule has 0 amide bonds. The van der Waals surface area contributed by atoms with Crippen LogP contribution in [0.15, 0.2) is 53.5 Å². The van der Waals surface area contributed by atoms with Crippen molar-refractivity contribution in [3.63, 3.8) is 0 Å². The third-order valence-electron chi connectivity index (χ3n) is 4.71. The maximum atomic E-state index is 9.04. The fourth-order valence-corrected chi connectivity index (χ4v) is 3.24. The lowest BCUT2D eigenvalue weighted by Crippen LogP contribution is -2.27. The van der Waals surface area contributed by atoms with E-state index in [2.05, 4.69) is 27.5 Å². The molecule has 0 spiro atoms. The van der Waals surface area contributed by atoms with E-state index >= 15 is 0 Å². The van der Waals surface area contributed by atoms with Crippen molar-refractivity contribution >= 4 is 11.6 Å². The third-order valence-corrected chi connectivity index (χ3v) is 4.71. The molecule has 2 aromatic carbocycles. The number of nitriles is 1. The van der Waals surface area contributed by atoms with Crippen molar-refractivity contribution in [3.05, 3.63) is 54.1 Å². The van der Waals surface area contributed by atoms with Crippen LogP contribution in [0.5, 0.6) is 11.5 Å². The molecular weight excluding hydrogens is 376 g/mol. The predicted octanol–water partition coefficient (Wildman–Crippen LogP) is 4.30. The summed E-state index contributed by atoms with van der Waals surface area (Å²) in [5.41, 5.74) is 1.74. The van der Waals surface area contributed by atoms with Gasteiger partial charge in [-0.3, -0.25) is 10.3 Å². The molecule has 0 unspecified atom stereocenters. The van der Waals surface area contributed by atoms with E-state index in [-0.39, 0.29) is 6.10 Å². The summed E-state index contributed by atoms with van der Waals surface area (Å²) in [5, 5.41) is 14.8. The van der Waals surface area contributed by atoms with Gasteiger partial charge in [-0.1, -0.05) is 30.0 Å². The van der Waals surface area contributed by atoms with E-state index in [0.29, 0.717) is 30.4 Å². The molecule has 30 heavy (non-hydrogen) atoms. The average Bonchev–Trinajstić information content (AvgIpc) is 3.28. The molecule has 0 radical (unpaired) electrons. The molecule has 0 atom stereocenters. The Morgan fingerprint density at radius 1 is 1.13 bits per heavy atom. The van der Waals surface area contributed by atoms with Gasteiger partial charge < -0.3 is 14.8 Å². The van der Waals surface area contributed by atoms with Crippen LogP contribution in [0.3, 0.4) is 0 Å². The molecule has 1 saturated carbocycles. The van der Waals surface area contributed by atoms with E-state index in [1.54, 1.807) is 7.11 Å². The van der Waals surface area contributed by atoms with Crippen molar-refractivity contribution in [3.8, 4) is 29.5 Å². The number of hydrogen-bond donors (Lipinski definition) is 2. The Hall–Kier alpha value is -3.64. The van der Waals surface area contributed by atoms with E-state index in [4.69, 9.17) is 14.7 Å². The number of nitrogens with one attached hydrogen (secondary N) is 2. The minimum absolute atomic E-state index is 0.225. The van der Waals surface area contributed by atoms with Crippen molar-refractivity contribution in [2.75, 3.05) is 19.0 Å². The van der Waals surface area contributed by atoms with Crippen LogP contribution in [0.4, 0.5) is 5.69 Å². The predicted molar refractivity (Wildman–Crippen MR) is 118 cm³/mol. The number of ether oxygens (including phenoxy) is 2. The van der Waals surface area contributed by atoms with Crippen LogP contribution in [-0.4, -0.2) is 25.7 Å². The summed E-state index contributed by atoms with van der Waals surface area (Å²) >= 11 is 0. The van der Waals surface area contributed by atoms with Gasteiger partial charge in [-0.05, 0) is 49.9 Å². The second-order valence-electron chi connectivity index (χ2n) is 6.90. The Balaban J connectivity index is 1.62. The van der Waals surface area contributed by atoms with Gasteiger partial charge in [-0.25, -0.2) is 0 Å². The van der Waals surface area contributed by atoms with Crippen LogP contribution in [0, 0.1) is 23.3 Å². The number of nitrogens with zero attached hydrogens (tertiary/aromatic N) is 2. The van der Waals surface area contributed by atoms with Crippen molar-refractivity contribution in [1.29, 1.82) is 5.26 Å². The summed E-state index contributed by atoms with van der Waals surface area (Å²) in [6.07, 6.45) is 7.25. The zero-order valence-corrected chi connectivity index (χ0v) is 17.1. The van der Waals surface area contributed by atoms with Crippen LogP contribution < -0.4 is 20.1 Å². The number of benzene rings is 2. The first-order chi connectivity index (χ1) is 14.8. The third kappa shape index (κ3) is 6.46. The van der Waals surface area contributed by atoms with E-state index < -0.39 is 0 Å². The molecule has 0 saturated heterocycles. The molecule has 0 aliphatic heterocycles. The zero-order valence-electron chi connectivity index (χ0n) is 17.1. The number of rotatable bonds is 6. The minimum Gasteiger partial charge on any atom is -0.493 e. The molecule has 2 aromatic rings. The molecule has 0 heterocycles. The molecule has 6 heteroatoms. The van der Waals surface area contributed by atoms with Crippen LogP contribution in [0.25, 0.3) is 0 Å². The number of hydrogen-bond acceptors (Lipinski definition) is 4. The average molecular weight is 402 g/mol. The number of guanidine groups is 1. The highest BCUT2D eigenvalue weighted by atomic mass is 16.5. The van der Waals surface area contributed by atoms with Gasteiger partial charge in [0.1, 0.15) is 0 Å². The first-order valence-electron chi connectivity index (χ1n) is 10.1. The van der Waals surface area contributed by atoms with Crippen LogP contribution >= 0.6 is 0 Å². The minimum atomic E-state index is 0.225. The number of methoxy groups -OCH3 is 1. The summed E-state index contributed by atoms with van der Waals surface area (Å²) in [6.45, 7) is 0.471. The molecule has 1 aliphatic rings. The van der Waals surface area contributed by atoms with Gasteiger partial charge in [-0.15, -0.1) is 0 Å². The molecule has 0 aromatic heterocycles. The Bertz CT molecular complexity index is 949. The highest BCUT2D eigenvalue weighted by Crippen LogP contribution is 2.33. The molecule has 1 aliphatic carbocycles. The summed E-state index contributed by atoms with van der Waals surface area (Å²) in [4.78, 5) is 4.41. The highest BCUT2D eigenvalue weighted by molar-refractivity contribution is 5.94. The van der Waals surface area contributed by atoms with Crippen LogP contribution in [-0.2, 0) is 0 Å². The van der Waals surface area contributed by atoms with E-state index in [1.165, 1.54) is 12.8 Å². The van der Waals surface area contributed by atoms with E-state index in [0.717, 1.165) is 24.1 Å². The quantitative estimate of drug-likeness (QED) is 0.188. The first kappa shape index (κ1) is 21.1. The molecule has 3 rings (SSSR count). The standard InChI is InChI=1S/C24H26N4O2/c1-29-22-15-14-20(17-23(22)30-21-12-5-6-13-21)28-24(27-18-25)26-16-8-7-11-19-9-3-2-4-10-19/h2-4,9-10,14-15,17,21H,5-6,8,12-13,16H2,1H3,(H2,26,27,28). The lowest BCUT2D eigenvalue weighted by Gasteiger charge is -2.17. The second kappa shape index (κ2) is 11.4. The monoisotopic (exact) mass is 402 g/mol. The van der Waals surface area contributed by atoms with Crippen LogP contribution in [0.1, 0.15) is 37.7 Å². The summed E-state index contributed by atoms with van der Waals surface area (Å²) in [7, 11) is 1.63. The normalized spacial score (nSPS) is 13.7. The van der Waals surface area contributed by atoms with Gasteiger partial charge in [0, 0.05) is 23.7 Å². The largest absolute Gasteiger partial charge is 0.493 e. The molecule has 0 bridgehead atoms. The van der Waals surface area contributed by atoms with Gasteiger partial charge in [-0.2, -0.15) is 5.26 Å². The Labute approximate surface area is 177 Å². The van der Waals surface area contributed by atoms with Crippen molar-refractivity contribution in [1.82, 2.24) is 5.32 Å². The lowest BCUT2D eigenvalue weighted by molar-refractivity contribution is 0.201. The summed E-state index contributed by atoms with van der Waals surface area (Å²) in [5.74, 6) is 7.95. The van der Waals surface area contributed by atoms with Gasteiger partial charge in [0.25, 0.3) is 0 Å². The Morgan fingerprint density at radius 3 is 2.67 bits per heavy atom. The maximum Gasteiger partial charge on any atom is 0.209 e. The van der Waals surface area contributed by atoms with Crippen molar-refractivity contribution in [2.24, 2.45) is 4.99 Å². The Morgan fingerprint density at radius 2 is 1.93 bits per heavy atom. The topological polar surface area (TPSA) is 78.7 Å². The fourth-order valence-electron chi connectivity index (χ4n) is 3.24. The van der Waals surface area contributed by atoms with E-state index in [9.17, 15) is 0 Å². The number of aliphatic imine (C=N–C) groups is 1. The summed E-state index contributed by atoms with van der Waals surface area (Å²) < 4.78 is 11.6. The summed E-state index contributed by atoms with van der Waals surface area (Å²) in [6, 6.07) is 15.4. The maximum absolute atomic E-state index is 9.04. The zero-order chi connectivity index (χ0) is 21.0. The van der Waals surface area contributed by atoms with Crippen LogP contribution in [0.2, 0.25) is 0 Å². The SMILES string of the molecule is COc1ccc(NC(=NCCC#Cc2ccccc2)NC#N)cc1OC1CCCC1. The second-order valence-corrected chi connectivity index (χ2v) is 6.90. The smallest absolute Gasteiger partial charge is 0.209 e. The fraction of sp³-hybridized carbons (Fsp3) is 0.333. The Kier molecular flexibility index (Phi) is 8.00. The molecular formula is C24H26N4O2. The molecule has 1 fully saturated rings. The molecule has 154 valence electrons. The van der Waals surface area contributed by atoms with Crippen molar-refractivity contribution < 1.29 is 9.47 Å². The lowest BCUT2D eigenvalue weighted by atomic mass is 10.2. The number of anilines is 1. The first-order valence-corrected chi connectivity index (χ1v) is 10.1. The van der Waals surface area contributed by atoms with E-state index in [1.807, 2.05) is 54.7 Å². The van der Waals surface area contributed by atoms with Crippen molar-refractivity contribution in [2.45, 2.75) is 38.2 Å². The molecule has 2 N–H and O–H groups in total. The highest BCUT2D eigenvalue weighted by Gasteiger charge is 2.18. The van der Waals surface area contributed by atoms with Gasteiger partial charge in [0.15, 0.2) is 17.7 Å². The van der Waals surface area contributed by atoms with Gasteiger partial charge in [0.2, 0.25) is 5.96 Å².